The molecule has 0 heterocycles. The van der Waals surface area contributed by atoms with Gasteiger partial charge in [0.05, 0.1) is 4.47 Å². The SMILES string of the molecule is CCCNCc1ccc(-c2cccc(Br)c2F)c(Cl)c1. The minimum atomic E-state index is -0.286. The zero-order valence-electron chi connectivity index (χ0n) is 11.2. The summed E-state index contributed by atoms with van der Waals surface area (Å²) < 4.78 is 14.5. The highest BCUT2D eigenvalue weighted by atomic mass is 79.9. The van der Waals surface area contributed by atoms with Crippen molar-refractivity contribution >= 4 is 27.5 Å². The van der Waals surface area contributed by atoms with Crippen molar-refractivity contribution in [3.8, 4) is 11.1 Å². The Hall–Kier alpha value is -0.900. The molecular formula is C16H16BrClFN. The van der Waals surface area contributed by atoms with Gasteiger partial charge in [-0.2, -0.15) is 0 Å². The van der Waals surface area contributed by atoms with Crippen molar-refractivity contribution < 1.29 is 4.39 Å². The van der Waals surface area contributed by atoms with E-state index in [1.165, 1.54) is 0 Å². The standard InChI is InChI=1S/C16H16BrClFN/c1-2-8-20-10-11-6-7-12(15(18)9-11)13-4-3-5-14(17)16(13)19/h3-7,9,20H,2,8,10H2,1H3. The van der Waals surface area contributed by atoms with Gasteiger partial charge in [-0.3, -0.25) is 0 Å². The van der Waals surface area contributed by atoms with E-state index in [9.17, 15) is 4.39 Å². The molecule has 0 unspecified atom stereocenters. The maximum atomic E-state index is 14.1. The summed E-state index contributed by atoms with van der Waals surface area (Å²) >= 11 is 9.49. The molecule has 2 aromatic rings. The Morgan fingerprint density at radius 1 is 1.20 bits per heavy atom. The summed E-state index contributed by atoms with van der Waals surface area (Å²) in [4.78, 5) is 0. The van der Waals surface area contributed by atoms with E-state index in [0.717, 1.165) is 25.1 Å². The van der Waals surface area contributed by atoms with E-state index in [1.54, 1.807) is 18.2 Å². The molecule has 2 rings (SSSR count). The van der Waals surface area contributed by atoms with Gasteiger partial charge in [0.25, 0.3) is 0 Å². The summed E-state index contributed by atoms with van der Waals surface area (Å²) in [5.41, 5.74) is 2.32. The second-order valence-electron chi connectivity index (χ2n) is 4.59. The Balaban J connectivity index is 2.27. The molecule has 0 saturated heterocycles. The number of hydrogen-bond donors (Lipinski definition) is 1. The number of hydrogen-bond acceptors (Lipinski definition) is 1. The highest BCUT2D eigenvalue weighted by Gasteiger charge is 2.11. The molecule has 0 radical (unpaired) electrons. The Morgan fingerprint density at radius 2 is 2.00 bits per heavy atom. The molecule has 0 atom stereocenters. The van der Waals surface area contributed by atoms with Gasteiger partial charge in [-0.15, -0.1) is 0 Å². The lowest BCUT2D eigenvalue weighted by molar-refractivity contribution is 0.624. The molecule has 0 saturated carbocycles. The third kappa shape index (κ3) is 3.60. The summed E-state index contributed by atoms with van der Waals surface area (Å²) in [6.45, 7) is 3.87. The zero-order chi connectivity index (χ0) is 14.5. The monoisotopic (exact) mass is 355 g/mol. The first-order valence-electron chi connectivity index (χ1n) is 6.57. The maximum absolute atomic E-state index is 14.1. The summed E-state index contributed by atoms with van der Waals surface area (Å²) in [7, 11) is 0. The van der Waals surface area contributed by atoms with Crippen molar-refractivity contribution in [1.29, 1.82) is 0 Å². The molecule has 1 nitrogen and oxygen atoms in total. The van der Waals surface area contributed by atoms with Gasteiger partial charge in [0.1, 0.15) is 5.82 Å². The van der Waals surface area contributed by atoms with E-state index in [2.05, 4.69) is 28.2 Å². The van der Waals surface area contributed by atoms with Crippen molar-refractivity contribution in [3.05, 3.63) is 57.3 Å². The molecule has 0 aliphatic carbocycles. The number of benzene rings is 2. The second kappa shape index (κ2) is 7.21. The predicted molar refractivity (Wildman–Crippen MR) is 86.5 cm³/mol. The Bertz CT molecular complexity index is 601. The van der Waals surface area contributed by atoms with Gasteiger partial charge >= 0.3 is 0 Å². The van der Waals surface area contributed by atoms with Gasteiger partial charge < -0.3 is 5.32 Å². The first-order valence-corrected chi connectivity index (χ1v) is 7.74. The molecule has 4 heteroatoms. The van der Waals surface area contributed by atoms with Crippen LogP contribution in [0.1, 0.15) is 18.9 Å². The third-order valence-electron chi connectivity index (χ3n) is 3.03. The summed E-state index contributed by atoms with van der Waals surface area (Å²) in [5.74, 6) is -0.286. The van der Waals surface area contributed by atoms with Crippen molar-refractivity contribution in [1.82, 2.24) is 5.32 Å². The maximum Gasteiger partial charge on any atom is 0.145 e. The minimum absolute atomic E-state index is 0.286. The van der Waals surface area contributed by atoms with Crippen LogP contribution in [0.15, 0.2) is 40.9 Å². The fourth-order valence-corrected chi connectivity index (χ4v) is 2.68. The van der Waals surface area contributed by atoms with Crippen LogP contribution in [0.3, 0.4) is 0 Å². The van der Waals surface area contributed by atoms with Gasteiger partial charge in [0.15, 0.2) is 0 Å². The average molecular weight is 357 g/mol. The fraction of sp³-hybridized carbons (Fsp3) is 0.250. The van der Waals surface area contributed by atoms with Crippen LogP contribution in [0, 0.1) is 5.82 Å². The molecule has 0 aliphatic rings. The van der Waals surface area contributed by atoms with Crippen LogP contribution < -0.4 is 5.32 Å². The number of rotatable bonds is 5. The molecule has 0 amide bonds. The highest BCUT2D eigenvalue weighted by Crippen LogP contribution is 2.33. The third-order valence-corrected chi connectivity index (χ3v) is 3.96. The van der Waals surface area contributed by atoms with Gasteiger partial charge in [0.2, 0.25) is 0 Å². The molecule has 106 valence electrons. The first-order chi connectivity index (χ1) is 9.63. The van der Waals surface area contributed by atoms with E-state index in [0.29, 0.717) is 20.6 Å². The largest absolute Gasteiger partial charge is 0.313 e. The van der Waals surface area contributed by atoms with Crippen LogP contribution in [0.25, 0.3) is 11.1 Å². The Kier molecular flexibility index (Phi) is 5.58. The molecule has 0 bridgehead atoms. The fourth-order valence-electron chi connectivity index (χ4n) is 2.01. The van der Waals surface area contributed by atoms with E-state index in [1.807, 2.05) is 18.2 Å². The summed E-state index contributed by atoms with van der Waals surface area (Å²) in [6.07, 6.45) is 1.09. The number of nitrogens with one attached hydrogen (secondary N) is 1. The molecule has 0 aliphatic heterocycles. The van der Waals surface area contributed by atoms with Crippen LogP contribution in [0.5, 0.6) is 0 Å². The van der Waals surface area contributed by atoms with Crippen LogP contribution >= 0.6 is 27.5 Å². The van der Waals surface area contributed by atoms with Gasteiger partial charge in [-0.25, -0.2) is 4.39 Å². The van der Waals surface area contributed by atoms with Crippen LogP contribution in [0.4, 0.5) is 4.39 Å². The zero-order valence-corrected chi connectivity index (χ0v) is 13.6. The molecule has 0 fully saturated rings. The van der Waals surface area contributed by atoms with E-state index >= 15 is 0 Å². The predicted octanol–water partition coefficient (Wildman–Crippen LogP) is 5.41. The molecule has 0 aromatic heterocycles. The van der Waals surface area contributed by atoms with Crippen LogP contribution in [-0.2, 0) is 6.54 Å². The van der Waals surface area contributed by atoms with Crippen LogP contribution in [-0.4, -0.2) is 6.54 Å². The van der Waals surface area contributed by atoms with E-state index in [-0.39, 0.29) is 5.82 Å². The van der Waals surface area contributed by atoms with Crippen molar-refractivity contribution in [2.45, 2.75) is 19.9 Å². The summed E-state index contributed by atoms with van der Waals surface area (Å²) in [6, 6.07) is 10.9. The Labute approximate surface area is 132 Å². The smallest absolute Gasteiger partial charge is 0.145 e. The van der Waals surface area contributed by atoms with Crippen molar-refractivity contribution in [2.75, 3.05) is 6.54 Å². The lowest BCUT2D eigenvalue weighted by atomic mass is 10.0. The minimum Gasteiger partial charge on any atom is -0.313 e. The van der Waals surface area contributed by atoms with Gasteiger partial charge in [0, 0.05) is 22.7 Å². The van der Waals surface area contributed by atoms with E-state index < -0.39 is 0 Å². The topological polar surface area (TPSA) is 12.0 Å². The van der Waals surface area contributed by atoms with E-state index in [4.69, 9.17) is 11.6 Å². The van der Waals surface area contributed by atoms with Crippen molar-refractivity contribution in [2.24, 2.45) is 0 Å². The van der Waals surface area contributed by atoms with Gasteiger partial charge in [-0.1, -0.05) is 42.8 Å². The highest BCUT2D eigenvalue weighted by molar-refractivity contribution is 9.10. The molecule has 1 N–H and O–H groups in total. The number of halogens is 3. The lowest BCUT2D eigenvalue weighted by Crippen LogP contribution is -2.13. The van der Waals surface area contributed by atoms with Crippen LogP contribution in [0.2, 0.25) is 5.02 Å². The average Bonchev–Trinajstić information content (AvgIpc) is 2.43. The first kappa shape index (κ1) is 15.5. The second-order valence-corrected chi connectivity index (χ2v) is 5.85. The molecular weight excluding hydrogens is 341 g/mol. The molecule has 20 heavy (non-hydrogen) atoms. The normalized spacial score (nSPS) is 10.8. The van der Waals surface area contributed by atoms with Crippen molar-refractivity contribution in [3.63, 3.8) is 0 Å². The van der Waals surface area contributed by atoms with Gasteiger partial charge in [-0.05, 0) is 46.6 Å². The molecule has 0 spiro atoms. The summed E-state index contributed by atoms with van der Waals surface area (Å²) in [5, 5.41) is 3.89. The lowest BCUT2D eigenvalue weighted by Gasteiger charge is -2.10. The Morgan fingerprint density at radius 3 is 2.70 bits per heavy atom. The molecule has 2 aromatic carbocycles. The quantitative estimate of drug-likeness (QED) is 0.706.